The highest BCUT2D eigenvalue weighted by atomic mass is 79.9. The smallest absolute Gasteiger partial charge is 0.407 e. The number of ether oxygens (including phenoxy) is 2. The molecule has 0 saturated heterocycles. The van der Waals surface area contributed by atoms with Crippen molar-refractivity contribution < 1.29 is 14.3 Å². The predicted molar refractivity (Wildman–Crippen MR) is 123 cm³/mol. The number of benzene rings is 3. The molecular formula is C25H22BrNO3. The van der Waals surface area contributed by atoms with Gasteiger partial charge < -0.3 is 14.8 Å². The van der Waals surface area contributed by atoms with Gasteiger partial charge in [0.25, 0.3) is 0 Å². The Hall–Kier alpha value is -3.05. The first-order chi connectivity index (χ1) is 14.7. The van der Waals surface area contributed by atoms with Crippen LogP contribution in [0.5, 0.6) is 5.75 Å². The molecule has 152 valence electrons. The molecule has 0 atom stereocenters. The molecule has 0 aliphatic heterocycles. The van der Waals surface area contributed by atoms with Crippen LogP contribution in [0.4, 0.5) is 4.79 Å². The second kappa shape index (κ2) is 9.18. The van der Waals surface area contributed by atoms with Gasteiger partial charge in [0.2, 0.25) is 0 Å². The van der Waals surface area contributed by atoms with Gasteiger partial charge in [0.15, 0.2) is 0 Å². The molecule has 0 aromatic heterocycles. The normalized spacial score (nSPS) is 12.5. The highest BCUT2D eigenvalue weighted by Gasteiger charge is 2.28. The maximum absolute atomic E-state index is 12.2. The molecule has 0 heterocycles. The molecule has 0 bridgehead atoms. The number of methoxy groups -OCH3 is 1. The first-order valence-corrected chi connectivity index (χ1v) is 10.6. The van der Waals surface area contributed by atoms with Crippen LogP contribution in [0.1, 0.15) is 22.6 Å². The zero-order valence-electron chi connectivity index (χ0n) is 16.6. The Balaban J connectivity index is 1.34. The average molecular weight is 464 g/mol. The molecule has 0 unspecified atom stereocenters. The molecule has 30 heavy (non-hydrogen) atoms. The summed E-state index contributed by atoms with van der Waals surface area (Å²) in [6, 6.07) is 22.3. The predicted octanol–water partition coefficient (Wildman–Crippen LogP) is 6.01. The maximum atomic E-state index is 12.2. The molecule has 1 amide bonds. The summed E-state index contributed by atoms with van der Waals surface area (Å²) in [6.45, 7) is 0.686. The Kier molecular flexibility index (Phi) is 6.19. The number of halogens is 1. The summed E-state index contributed by atoms with van der Waals surface area (Å²) >= 11 is 3.51. The average Bonchev–Trinajstić information content (AvgIpc) is 3.10. The van der Waals surface area contributed by atoms with Gasteiger partial charge in [-0.25, -0.2) is 4.79 Å². The van der Waals surface area contributed by atoms with E-state index in [1.165, 1.54) is 22.3 Å². The van der Waals surface area contributed by atoms with Gasteiger partial charge in [-0.1, -0.05) is 76.6 Å². The summed E-state index contributed by atoms with van der Waals surface area (Å²) in [4.78, 5) is 12.2. The molecule has 4 nitrogen and oxygen atoms in total. The van der Waals surface area contributed by atoms with Crippen LogP contribution in [0.3, 0.4) is 0 Å². The second-order valence-electron chi connectivity index (χ2n) is 7.00. The molecule has 0 saturated carbocycles. The van der Waals surface area contributed by atoms with Gasteiger partial charge in [-0.05, 0) is 46.0 Å². The van der Waals surface area contributed by atoms with Crippen LogP contribution in [-0.2, 0) is 4.74 Å². The molecule has 5 heteroatoms. The van der Waals surface area contributed by atoms with Gasteiger partial charge in [0.05, 0.1) is 7.11 Å². The fraction of sp³-hybridized carbons (Fsp3) is 0.160. The monoisotopic (exact) mass is 463 g/mol. The van der Waals surface area contributed by atoms with E-state index in [9.17, 15) is 4.79 Å². The lowest BCUT2D eigenvalue weighted by molar-refractivity contribution is 0.144. The zero-order valence-corrected chi connectivity index (χ0v) is 18.2. The van der Waals surface area contributed by atoms with E-state index in [0.29, 0.717) is 13.2 Å². The molecule has 0 spiro atoms. The Bertz CT molecular complexity index is 1050. The van der Waals surface area contributed by atoms with Crippen molar-refractivity contribution in [3.8, 4) is 16.9 Å². The molecule has 1 aliphatic carbocycles. The molecule has 4 rings (SSSR count). The Labute approximate surface area is 184 Å². The third-order valence-corrected chi connectivity index (χ3v) is 5.93. The van der Waals surface area contributed by atoms with E-state index >= 15 is 0 Å². The Morgan fingerprint density at radius 2 is 1.70 bits per heavy atom. The Morgan fingerprint density at radius 1 is 1.03 bits per heavy atom. The summed E-state index contributed by atoms with van der Waals surface area (Å²) in [5.74, 6) is 0.841. The molecular weight excluding hydrogens is 442 g/mol. The second-order valence-corrected chi connectivity index (χ2v) is 7.85. The third kappa shape index (κ3) is 4.26. The van der Waals surface area contributed by atoms with Crippen molar-refractivity contribution in [1.82, 2.24) is 5.32 Å². The van der Waals surface area contributed by atoms with E-state index in [0.717, 1.165) is 15.8 Å². The van der Waals surface area contributed by atoms with Crippen LogP contribution in [-0.4, -0.2) is 26.4 Å². The Morgan fingerprint density at radius 3 is 2.37 bits per heavy atom. The number of rotatable bonds is 6. The number of nitrogens with one attached hydrogen (secondary N) is 1. The number of fused-ring (bicyclic) bond motifs is 3. The van der Waals surface area contributed by atoms with Crippen LogP contribution in [0.25, 0.3) is 17.2 Å². The number of hydrogen-bond donors (Lipinski definition) is 1. The largest absolute Gasteiger partial charge is 0.497 e. The minimum atomic E-state index is -0.425. The highest BCUT2D eigenvalue weighted by molar-refractivity contribution is 9.10. The fourth-order valence-electron chi connectivity index (χ4n) is 3.75. The number of carbonyl (C=O) groups is 1. The fourth-order valence-corrected chi connectivity index (χ4v) is 4.13. The van der Waals surface area contributed by atoms with Gasteiger partial charge in [-0.3, -0.25) is 0 Å². The lowest BCUT2D eigenvalue weighted by Gasteiger charge is -2.14. The van der Waals surface area contributed by atoms with Crippen LogP contribution < -0.4 is 10.1 Å². The van der Waals surface area contributed by atoms with Gasteiger partial charge >= 0.3 is 6.09 Å². The SMILES string of the molecule is COc1ccc(Br)c(C=CCNC(=O)OCC2c3ccccc3-c3ccccc32)c1. The molecule has 1 aliphatic rings. The summed E-state index contributed by atoms with van der Waals surface area (Å²) in [5.41, 5.74) is 5.81. The van der Waals surface area contributed by atoms with Crippen molar-refractivity contribution in [2.75, 3.05) is 20.3 Å². The van der Waals surface area contributed by atoms with E-state index in [2.05, 4.69) is 45.5 Å². The van der Waals surface area contributed by atoms with E-state index in [1.807, 2.05) is 54.6 Å². The van der Waals surface area contributed by atoms with Gasteiger partial charge in [-0.2, -0.15) is 0 Å². The van der Waals surface area contributed by atoms with Gasteiger partial charge in [0.1, 0.15) is 12.4 Å². The molecule has 0 fully saturated rings. The van der Waals surface area contributed by atoms with Crippen LogP contribution in [0.2, 0.25) is 0 Å². The molecule has 3 aromatic carbocycles. The van der Waals surface area contributed by atoms with E-state index in [-0.39, 0.29) is 5.92 Å². The minimum Gasteiger partial charge on any atom is -0.497 e. The van der Waals surface area contributed by atoms with E-state index in [1.54, 1.807) is 7.11 Å². The standard InChI is InChI=1S/C25H22BrNO3/c1-29-18-12-13-24(26)17(15-18)7-6-14-27-25(28)30-16-23-21-10-4-2-8-19(21)20-9-3-5-11-22(20)23/h2-13,15,23H,14,16H2,1H3,(H,27,28). The van der Waals surface area contributed by atoms with Crippen molar-refractivity contribution in [1.29, 1.82) is 0 Å². The van der Waals surface area contributed by atoms with E-state index < -0.39 is 6.09 Å². The molecule has 0 radical (unpaired) electrons. The van der Waals surface area contributed by atoms with Crippen LogP contribution >= 0.6 is 15.9 Å². The van der Waals surface area contributed by atoms with Crippen molar-refractivity contribution >= 4 is 28.1 Å². The van der Waals surface area contributed by atoms with Gasteiger partial charge in [-0.15, -0.1) is 0 Å². The quantitative estimate of drug-likeness (QED) is 0.486. The van der Waals surface area contributed by atoms with Crippen molar-refractivity contribution in [2.45, 2.75) is 5.92 Å². The van der Waals surface area contributed by atoms with Crippen LogP contribution in [0, 0.1) is 0 Å². The van der Waals surface area contributed by atoms with E-state index in [4.69, 9.17) is 9.47 Å². The molecule has 3 aromatic rings. The lowest BCUT2D eigenvalue weighted by atomic mass is 9.98. The zero-order chi connectivity index (χ0) is 20.9. The third-order valence-electron chi connectivity index (χ3n) is 5.21. The number of amides is 1. The number of hydrogen-bond acceptors (Lipinski definition) is 3. The summed E-state index contributed by atoms with van der Waals surface area (Å²) in [7, 11) is 1.63. The first kappa shape index (κ1) is 20.2. The number of carbonyl (C=O) groups excluding carboxylic acids is 1. The minimum absolute atomic E-state index is 0.0615. The topological polar surface area (TPSA) is 47.6 Å². The lowest BCUT2D eigenvalue weighted by Crippen LogP contribution is -2.26. The summed E-state index contributed by atoms with van der Waals surface area (Å²) in [5, 5.41) is 2.78. The van der Waals surface area contributed by atoms with Crippen LogP contribution in [0.15, 0.2) is 77.3 Å². The van der Waals surface area contributed by atoms with Crippen molar-refractivity contribution in [2.24, 2.45) is 0 Å². The number of alkyl carbamates (subject to hydrolysis) is 1. The maximum Gasteiger partial charge on any atom is 0.407 e. The summed E-state index contributed by atoms with van der Waals surface area (Å²) < 4.78 is 11.7. The molecule has 1 N–H and O–H groups in total. The highest BCUT2D eigenvalue weighted by Crippen LogP contribution is 2.44. The first-order valence-electron chi connectivity index (χ1n) is 9.76. The summed E-state index contributed by atoms with van der Waals surface area (Å²) in [6.07, 6.45) is 3.38. The van der Waals surface area contributed by atoms with Crippen molar-refractivity contribution in [3.05, 3.63) is 94.0 Å². The van der Waals surface area contributed by atoms with Gasteiger partial charge in [0, 0.05) is 16.9 Å². The van der Waals surface area contributed by atoms with Crippen molar-refractivity contribution in [3.63, 3.8) is 0 Å².